The van der Waals surface area contributed by atoms with Gasteiger partial charge in [0.05, 0.1) is 0 Å². The number of carbonyl (C=O) groups is 5. The fourth-order valence-corrected chi connectivity index (χ4v) is 7.19. The monoisotopic (exact) mass is 863 g/mol. The highest BCUT2D eigenvalue weighted by Gasteiger charge is 2.87. The van der Waals surface area contributed by atoms with Gasteiger partial charge in [0.15, 0.2) is 18.0 Å². The molecule has 2 unspecified atom stereocenters. The van der Waals surface area contributed by atoms with Crippen LogP contribution in [0.15, 0.2) is 42.5 Å². The van der Waals surface area contributed by atoms with Crippen LogP contribution < -0.4 is 5.32 Å². The first-order chi connectivity index (χ1) is 27.7. The molecule has 0 aromatic heterocycles. The van der Waals surface area contributed by atoms with E-state index in [1.165, 1.54) is 69.4 Å². The third-order valence-electron chi connectivity index (χ3n) is 9.69. The normalized spacial score (nSPS) is 26.4. The average Bonchev–Trinajstić information content (AvgIpc) is 3.31. The number of hydrogen-bond acceptors (Lipinski definition) is 15. The Kier molecular flexibility index (Phi) is 15.7. The van der Waals surface area contributed by atoms with Crippen molar-refractivity contribution in [1.29, 1.82) is 0 Å². The van der Waals surface area contributed by atoms with E-state index in [4.69, 9.17) is 42.6 Å². The molecule has 16 heteroatoms. The van der Waals surface area contributed by atoms with Crippen LogP contribution in [0.4, 0.5) is 4.79 Å². The molecule has 0 radical (unpaired) electrons. The number of amides is 1. The maximum absolute atomic E-state index is 15.2. The van der Waals surface area contributed by atoms with E-state index in [2.05, 4.69) is 11.9 Å². The van der Waals surface area contributed by atoms with Crippen LogP contribution in [0.5, 0.6) is 0 Å². The molecule has 61 heavy (non-hydrogen) atoms. The number of aliphatic hydroxyl groups is 1. The van der Waals surface area contributed by atoms with E-state index in [0.29, 0.717) is 12.0 Å². The Morgan fingerprint density at radius 2 is 1.38 bits per heavy atom. The first kappa shape index (κ1) is 51.3. The molecule has 3 rings (SSSR count). The number of carbonyl (C=O) groups excluding carboxylic acids is 5. The molecule has 344 valence electrons. The van der Waals surface area contributed by atoms with E-state index in [1.54, 1.807) is 34.6 Å². The summed E-state index contributed by atoms with van der Waals surface area (Å²) in [6.07, 6.45) is -8.32. The summed E-state index contributed by atoms with van der Waals surface area (Å²) >= 11 is 0. The third-order valence-corrected chi connectivity index (χ3v) is 9.69. The summed E-state index contributed by atoms with van der Waals surface area (Å²) in [7, 11) is 1.33. The Morgan fingerprint density at radius 3 is 1.87 bits per heavy atom. The number of ether oxygens (including phenoxy) is 9. The second kappa shape index (κ2) is 18.7. The Morgan fingerprint density at radius 1 is 0.836 bits per heavy atom. The lowest BCUT2D eigenvalue weighted by molar-refractivity contribution is -0.387. The molecule has 2 aliphatic rings. The summed E-state index contributed by atoms with van der Waals surface area (Å²) < 4.78 is 54.9. The summed E-state index contributed by atoms with van der Waals surface area (Å²) in [5, 5.41) is 15.9. The van der Waals surface area contributed by atoms with Crippen LogP contribution in [-0.2, 0) is 68.2 Å². The number of rotatable bonds is 16. The Labute approximate surface area is 360 Å². The molecule has 2 N–H and O–H groups in total. The largest absolute Gasteiger partial charge is 0.458 e. The fraction of sp³-hybridized carbons (Fsp3) is 0.711. The molecule has 2 saturated heterocycles. The molecule has 0 aliphatic carbocycles. The van der Waals surface area contributed by atoms with Gasteiger partial charge in [-0.1, -0.05) is 43.8 Å². The van der Waals surface area contributed by atoms with Crippen molar-refractivity contribution < 1.29 is 71.7 Å². The molecule has 0 spiro atoms. The Bertz CT molecular complexity index is 1760. The number of nitrogens with one attached hydrogen (secondary N) is 1. The summed E-state index contributed by atoms with van der Waals surface area (Å²) in [5.74, 6) is -9.14. The molecule has 1 amide bonds. The first-order valence-electron chi connectivity index (χ1n) is 20.6. The lowest BCUT2D eigenvalue weighted by Crippen LogP contribution is -2.79. The summed E-state index contributed by atoms with van der Waals surface area (Å²) in [6, 6.07) is 9.06. The van der Waals surface area contributed by atoms with Crippen LogP contribution in [0.3, 0.4) is 0 Å². The molecular formula is C45H69NO15. The standard InChI is InChI=1S/C45H69NO15/c1-26(2)46-38(51)55-33-32(56-42(15,16)53-17)43(24-23-27(3)31(54-29(5)47)28(4)25-30-21-19-18-20-22-30)57-34(35(48)58-39(6,7)8)44(52,36(49)59-40(9,10)11)45(33,61-43)37(50)60-41(12,13)14/h18-22,26,28,31-34,52H,3,23-25H2,1-2,4-17H3,(H,46,51)/t28?,31?,32-,33-,34-,43-,44-,45-/m1/s1. The maximum Gasteiger partial charge on any atom is 0.407 e. The van der Waals surface area contributed by atoms with Crippen LogP contribution in [-0.4, -0.2) is 112 Å². The van der Waals surface area contributed by atoms with Gasteiger partial charge in [-0.3, -0.25) is 4.79 Å². The van der Waals surface area contributed by atoms with Crippen LogP contribution in [0.2, 0.25) is 0 Å². The molecular weight excluding hydrogens is 794 g/mol. The van der Waals surface area contributed by atoms with E-state index in [9.17, 15) is 24.3 Å². The quantitative estimate of drug-likeness (QED) is 0.0845. The third kappa shape index (κ3) is 12.3. The minimum Gasteiger partial charge on any atom is -0.458 e. The average molecular weight is 864 g/mol. The number of methoxy groups -OCH3 is 1. The topological polar surface area (TPSA) is 201 Å². The second-order valence-electron chi connectivity index (χ2n) is 19.6. The first-order valence-corrected chi connectivity index (χ1v) is 20.6. The highest BCUT2D eigenvalue weighted by molar-refractivity contribution is 6.00. The molecule has 1 aromatic carbocycles. The van der Waals surface area contributed by atoms with Gasteiger partial charge in [0.2, 0.25) is 17.5 Å². The fourth-order valence-electron chi connectivity index (χ4n) is 7.19. The molecule has 2 bridgehead atoms. The van der Waals surface area contributed by atoms with Gasteiger partial charge in [0.1, 0.15) is 22.9 Å². The van der Waals surface area contributed by atoms with E-state index < -0.39 is 100 Å². The molecule has 1 aromatic rings. The number of hydrogen-bond donors (Lipinski definition) is 2. The Balaban J connectivity index is 2.47. The van der Waals surface area contributed by atoms with Crippen molar-refractivity contribution in [3.63, 3.8) is 0 Å². The highest BCUT2D eigenvalue weighted by Crippen LogP contribution is 2.58. The molecule has 16 nitrogen and oxygen atoms in total. The van der Waals surface area contributed by atoms with Gasteiger partial charge in [0, 0.05) is 32.4 Å². The zero-order valence-corrected chi connectivity index (χ0v) is 38.8. The number of fused-ring (bicyclic) bond motifs is 2. The lowest BCUT2D eigenvalue weighted by atomic mass is 9.74. The zero-order chi connectivity index (χ0) is 46.7. The minimum absolute atomic E-state index is 0.106. The minimum atomic E-state index is -3.51. The van der Waals surface area contributed by atoms with Crippen molar-refractivity contribution in [3.8, 4) is 0 Å². The predicted octanol–water partition coefficient (Wildman–Crippen LogP) is 6.02. The number of esters is 4. The van der Waals surface area contributed by atoms with Crippen molar-refractivity contribution in [2.24, 2.45) is 5.92 Å². The number of benzene rings is 1. The van der Waals surface area contributed by atoms with Crippen LogP contribution in [0, 0.1) is 5.92 Å². The van der Waals surface area contributed by atoms with Crippen molar-refractivity contribution in [1.82, 2.24) is 5.32 Å². The van der Waals surface area contributed by atoms with Crippen LogP contribution in [0.25, 0.3) is 0 Å². The van der Waals surface area contributed by atoms with Gasteiger partial charge in [-0.25, -0.2) is 19.2 Å². The van der Waals surface area contributed by atoms with Gasteiger partial charge in [0.25, 0.3) is 5.60 Å². The summed E-state index contributed by atoms with van der Waals surface area (Å²) in [6.45, 7) is 27.5. The van der Waals surface area contributed by atoms with Crippen molar-refractivity contribution in [2.75, 3.05) is 7.11 Å². The highest BCUT2D eigenvalue weighted by atomic mass is 16.8. The van der Waals surface area contributed by atoms with Crippen LogP contribution >= 0.6 is 0 Å². The zero-order valence-electron chi connectivity index (χ0n) is 38.8. The molecule has 2 fully saturated rings. The van der Waals surface area contributed by atoms with Crippen molar-refractivity contribution in [2.45, 2.75) is 193 Å². The maximum atomic E-state index is 15.2. The second-order valence-corrected chi connectivity index (χ2v) is 19.6. The van der Waals surface area contributed by atoms with Gasteiger partial charge in [-0.2, -0.15) is 0 Å². The van der Waals surface area contributed by atoms with Crippen LogP contribution in [0.1, 0.15) is 122 Å². The molecule has 2 aliphatic heterocycles. The number of alkyl carbamates (subject to hydrolysis) is 1. The van der Waals surface area contributed by atoms with Gasteiger partial charge in [-0.15, -0.1) is 0 Å². The van der Waals surface area contributed by atoms with Gasteiger partial charge in [-0.05, 0) is 114 Å². The predicted molar refractivity (Wildman–Crippen MR) is 222 cm³/mol. The smallest absolute Gasteiger partial charge is 0.407 e. The van der Waals surface area contributed by atoms with E-state index in [1.807, 2.05) is 37.3 Å². The van der Waals surface area contributed by atoms with Gasteiger partial charge >= 0.3 is 30.0 Å². The van der Waals surface area contributed by atoms with E-state index >= 15 is 4.79 Å². The van der Waals surface area contributed by atoms with Gasteiger partial charge < -0.3 is 53.1 Å². The Hall–Kier alpha value is -4.09. The van der Waals surface area contributed by atoms with E-state index in [-0.39, 0.29) is 18.8 Å². The lowest BCUT2D eigenvalue weighted by Gasteiger charge is -2.51. The van der Waals surface area contributed by atoms with E-state index in [0.717, 1.165) is 5.56 Å². The van der Waals surface area contributed by atoms with Crippen molar-refractivity contribution in [3.05, 3.63) is 48.0 Å². The van der Waals surface area contributed by atoms with Crippen molar-refractivity contribution >= 4 is 30.0 Å². The SMILES string of the molecule is C=C(CC[C@@]12O[C@H](C(=O)OC(C)(C)C)[C@@](O)(C(=O)OC(C)(C)C)[C@@](C(=O)OC(C)(C)C)(O1)[C@H](OC(=O)NC(C)C)[C@H]2OC(C)(C)OC)C(OC(C)=O)C(C)Cc1ccccc1. The summed E-state index contributed by atoms with van der Waals surface area (Å²) in [5.41, 5.74) is -9.24. The molecule has 0 saturated carbocycles. The molecule has 2 heterocycles. The summed E-state index contributed by atoms with van der Waals surface area (Å²) in [4.78, 5) is 70.9. The molecule has 8 atom stereocenters.